The average molecular weight is 295 g/mol. The Morgan fingerprint density at radius 1 is 1.40 bits per heavy atom. The van der Waals surface area contributed by atoms with Gasteiger partial charge in [0.2, 0.25) is 5.91 Å². The number of amides is 1. The van der Waals surface area contributed by atoms with E-state index in [-0.39, 0.29) is 11.8 Å². The molecule has 0 aromatic heterocycles. The van der Waals surface area contributed by atoms with Crippen molar-refractivity contribution in [2.24, 2.45) is 0 Å². The molecule has 0 saturated carbocycles. The third-order valence-corrected chi connectivity index (χ3v) is 4.17. The Bertz CT molecular complexity index is 424. The van der Waals surface area contributed by atoms with Gasteiger partial charge in [0.05, 0.1) is 0 Å². The topological polar surface area (TPSA) is 23.6 Å². The quantitative estimate of drug-likeness (QED) is 0.780. The van der Waals surface area contributed by atoms with E-state index in [2.05, 4.69) is 29.2 Å². The maximum absolute atomic E-state index is 11.9. The second-order valence-electron chi connectivity index (χ2n) is 5.33. The molecular formula is C16H23ClN2O. The van der Waals surface area contributed by atoms with Crippen LogP contribution in [-0.4, -0.2) is 47.3 Å². The van der Waals surface area contributed by atoms with Gasteiger partial charge in [0, 0.05) is 25.7 Å². The molecule has 1 aliphatic heterocycles. The molecule has 0 spiro atoms. The molecule has 1 aromatic carbocycles. The maximum atomic E-state index is 11.9. The number of carbonyl (C=O) groups is 1. The molecule has 4 heteroatoms. The SMILES string of the molecule is CCN(C(=O)CCl)C1CCCN(Cc2ccccc2)C1. The molecule has 0 radical (unpaired) electrons. The number of piperidine rings is 1. The smallest absolute Gasteiger partial charge is 0.237 e. The van der Waals surface area contributed by atoms with Crippen molar-refractivity contribution in [3.8, 4) is 0 Å². The van der Waals surface area contributed by atoms with E-state index in [0.29, 0.717) is 6.04 Å². The standard InChI is InChI=1S/C16H23ClN2O/c1-2-19(16(20)11-17)15-9-6-10-18(13-15)12-14-7-4-3-5-8-14/h3-5,7-8,15H,2,6,9-13H2,1H3. The third kappa shape index (κ3) is 3.97. The van der Waals surface area contributed by atoms with Crippen molar-refractivity contribution >= 4 is 17.5 Å². The predicted octanol–water partition coefficient (Wildman–Crippen LogP) is 2.74. The number of hydrogen-bond acceptors (Lipinski definition) is 2. The zero-order valence-corrected chi connectivity index (χ0v) is 12.9. The first-order valence-corrected chi connectivity index (χ1v) is 7.89. The number of halogens is 1. The van der Waals surface area contributed by atoms with E-state index >= 15 is 0 Å². The summed E-state index contributed by atoms with van der Waals surface area (Å²) < 4.78 is 0. The van der Waals surface area contributed by atoms with Gasteiger partial charge in [-0.3, -0.25) is 9.69 Å². The molecule has 1 fully saturated rings. The van der Waals surface area contributed by atoms with Crippen molar-refractivity contribution in [2.45, 2.75) is 32.4 Å². The van der Waals surface area contributed by atoms with Gasteiger partial charge in [-0.15, -0.1) is 11.6 Å². The van der Waals surface area contributed by atoms with Gasteiger partial charge < -0.3 is 4.90 Å². The lowest BCUT2D eigenvalue weighted by atomic mass is 10.0. The molecule has 2 rings (SSSR count). The molecule has 0 bridgehead atoms. The Hall–Kier alpha value is -1.06. The Morgan fingerprint density at radius 2 is 2.15 bits per heavy atom. The van der Waals surface area contributed by atoms with E-state index in [1.165, 1.54) is 5.56 Å². The van der Waals surface area contributed by atoms with Crippen molar-refractivity contribution in [1.29, 1.82) is 0 Å². The number of likely N-dealkylation sites (N-methyl/N-ethyl adjacent to an activating group) is 1. The van der Waals surface area contributed by atoms with Crippen molar-refractivity contribution in [1.82, 2.24) is 9.80 Å². The van der Waals surface area contributed by atoms with Gasteiger partial charge in [-0.25, -0.2) is 0 Å². The lowest BCUT2D eigenvalue weighted by molar-refractivity contribution is -0.131. The minimum atomic E-state index is 0.0562. The van der Waals surface area contributed by atoms with Crippen LogP contribution in [0.2, 0.25) is 0 Å². The summed E-state index contributed by atoms with van der Waals surface area (Å²) in [6.45, 7) is 5.79. The van der Waals surface area contributed by atoms with Crippen molar-refractivity contribution in [3.05, 3.63) is 35.9 Å². The fourth-order valence-corrected chi connectivity index (χ4v) is 3.14. The number of likely N-dealkylation sites (tertiary alicyclic amines) is 1. The van der Waals surface area contributed by atoms with Crippen LogP contribution in [0.3, 0.4) is 0 Å². The van der Waals surface area contributed by atoms with Crippen molar-refractivity contribution in [2.75, 3.05) is 25.5 Å². The highest BCUT2D eigenvalue weighted by Gasteiger charge is 2.27. The first kappa shape index (κ1) is 15.3. The lowest BCUT2D eigenvalue weighted by Gasteiger charge is -2.39. The fourth-order valence-electron chi connectivity index (χ4n) is 2.99. The lowest BCUT2D eigenvalue weighted by Crippen LogP contribution is -2.50. The van der Waals surface area contributed by atoms with E-state index in [4.69, 9.17) is 11.6 Å². The molecular weight excluding hydrogens is 272 g/mol. The summed E-state index contributed by atoms with van der Waals surface area (Å²) >= 11 is 5.71. The van der Waals surface area contributed by atoms with E-state index in [1.54, 1.807) is 0 Å². The van der Waals surface area contributed by atoms with Gasteiger partial charge in [0.1, 0.15) is 5.88 Å². The molecule has 20 heavy (non-hydrogen) atoms. The highest BCUT2D eigenvalue weighted by Crippen LogP contribution is 2.18. The summed E-state index contributed by atoms with van der Waals surface area (Å²) in [6, 6.07) is 10.8. The van der Waals surface area contributed by atoms with Crippen molar-refractivity contribution < 1.29 is 4.79 Å². The van der Waals surface area contributed by atoms with Crippen molar-refractivity contribution in [3.63, 3.8) is 0 Å². The van der Waals surface area contributed by atoms with Crippen LogP contribution >= 0.6 is 11.6 Å². The van der Waals surface area contributed by atoms with E-state index in [1.807, 2.05) is 17.9 Å². The minimum Gasteiger partial charge on any atom is -0.338 e. The van der Waals surface area contributed by atoms with Gasteiger partial charge in [-0.2, -0.15) is 0 Å². The van der Waals surface area contributed by atoms with Crippen LogP contribution in [0, 0.1) is 0 Å². The Labute approximate surface area is 126 Å². The van der Waals surface area contributed by atoms with Gasteiger partial charge in [-0.1, -0.05) is 30.3 Å². The van der Waals surface area contributed by atoms with Crippen LogP contribution in [0.1, 0.15) is 25.3 Å². The highest BCUT2D eigenvalue weighted by molar-refractivity contribution is 6.27. The zero-order valence-electron chi connectivity index (χ0n) is 12.1. The fraction of sp³-hybridized carbons (Fsp3) is 0.562. The Kier molecular flexibility index (Phi) is 5.86. The number of carbonyl (C=O) groups excluding carboxylic acids is 1. The molecule has 1 aliphatic rings. The van der Waals surface area contributed by atoms with Crippen LogP contribution in [0.4, 0.5) is 0 Å². The monoisotopic (exact) mass is 294 g/mol. The maximum Gasteiger partial charge on any atom is 0.237 e. The van der Waals surface area contributed by atoms with E-state index in [0.717, 1.165) is 39.0 Å². The first-order chi connectivity index (χ1) is 9.74. The van der Waals surface area contributed by atoms with Crippen LogP contribution in [0.15, 0.2) is 30.3 Å². The summed E-state index contributed by atoms with van der Waals surface area (Å²) in [4.78, 5) is 16.3. The van der Waals surface area contributed by atoms with Gasteiger partial charge in [0.15, 0.2) is 0 Å². The molecule has 1 unspecified atom stereocenters. The average Bonchev–Trinajstić information content (AvgIpc) is 2.49. The third-order valence-electron chi connectivity index (χ3n) is 3.95. The summed E-state index contributed by atoms with van der Waals surface area (Å²) in [5.74, 6) is 0.143. The number of hydrogen-bond donors (Lipinski definition) is 0. The Balaban J connectivity index is 1.96. The molecule has 1 aromatic rings. The molecule has 3 nitrogen and oxygen atoms in total. The molecule has 110 valence electrons. The number of alkyl halides is 1. The molecule has 1 saturated heterocycles. The van der Waals surface area contributed by atoms with E-state index in [9.17, 15) is 4.79 Å². The van der Waals surface area contributed by atoms with Crippen LogP contribution in [0.5, 0.6) is 0 Å². The first-order valence-electron chi connectivity index (χ1n) is 7.36. The molecule has 1 heterocycles. The second kappa shape index (κ2) is 7.65. The molecule has 1 amide bonds. The summed E-state index contributed by atoms with van der Waals surface area (Å²) in [6.07, 6.45) is 2.23. The minimum absolute atomic E-state index is 0.0562. The molecule has 1 atom stereocenters. The molecule has 0 aliphatic carbocycles. The Morgan fingerprint density at radius 3 is 2.80 bits per heavy atom. The second-order valence-corrected chi connectivity index (χ2v) is 5.60. The number of benzene rings is 1. The number of nitrogens with zero attached hydrogens (tertiary/aromatic N) is 2. The van der Waals surface area contributed by atoms with Gasteiger partial charge >= 0.3 is 0 Å². The van der Waals surface area contributed by atoms with Gasteiger partial charge in [-0.05, 0) is 31.9 Å². The van der Waals surface area contributed by atoms with Gasteiger partial charge in [0.25, 0.3) is 0 Å². The predicted molar refractivity (Wildman–Crippen MR) is 82.8 cm³/mol. The highest BCUT2D eigenvalue weighted by atomic mass is 35.5. The zero-order chi connectivity index (χ0) is 14.4. The van der Waals surface area contributed by atoms with Crippen LogP contribution in [0.25, 0.3) is 0 Å². The summed E-state index contributed by atoms with van der Waals surface area (Å²) in [5, 5.41) is 0. The normalized spacial score (nSPS) is 19.8. The summed E-state index contributed by atoms with van der Waals surface area (Å²) in [7, 11) is 0. The summed E-state index contributed by atoms with van der Waals surface area (Å²) in [5.41, 5.74) is 1.33. The van der Waals surface area contributed by atoms with Crippen LogP contribution < -0.4 is 0 Å². The molecule has 0 N–H and O–H groups in total. The van der Waals surface area contributed by atoms with Crippen LogP contribution in [-0.2, 0) is 11.3 Å². The number of rotatable bonds is 5. The van der Waals surface area contributed by atoms with E-state index < -0.39 is 0 Å². The largest absolute Gasteiger partial charge is 0.338 e.